The van der Waals surface area contributed by atoms with Crippen molar-refractivity contribution in [3.05, 3.63) is 66.2 Å². The summed E-state index contributed by atoms with van der Waals surface area (Å²) < 4.78 is 36.8. The lowest BCUT2D eigenvalue weighted by Gasteiger charge is -2.09. The highest BCUT2D eigenvalue weighted by Crippen LogP contribution is 2.19. The molecule has 2 aromatic rings. The maximum atomic E-state index is 12.4. The van der Waals surface area contributed by atoms with E-state index in [1.807, 2.05) is 0 Å². The number of sulfonamides is 1. The van der Waals surface area contributed by atoms with Crippen molar-refractivity contribution in [1.82, 2.24) is 0 Å². The fraction of sp³-hybridized carbons (Fsp3) is 0.105. The number of allylic oxidation sites excluding steroid dienone is 1. The minimum Gasteiger partial charge on any atom is -0.497 e. The Hall–Kier alpha value is -3.24. The molecular weight excluding hydrogens is 354 g/mol. The van der Waals surface area contributed by atoms with Crippen LogP contribution in [-0.4, -0.2) is 28.6 Å². The third-order valence-electron chi connectivity index (χ3n) is 3.20. The van der Waals surface area contributed by atoms with Gasteiger partial charge in [0.05, 0.1) is 24.8 Å². The van der Waals surface area contributed by atoms with Crippen molar-refractivity contribution in [2.75, 3.05) is 18.9 Å². The molecule has 2 rings (SSSR count). The smallest absolute Gasteiger partial charge is 0.331 e. The highest BCUT2D eigenvalue weighted by molar-refractivity contribution is 7.92. The number of nitrogens with one attached hydrogen (secondary N) is 1. The van der Waals surface area contributed by atoms with Gasteiger partial charge in [-0.25, -0.2) is 13.2 Å². The van der Waals surface area contributed by atoms with Crippen molar-refractivity contribution in [2.24, 2.45) is 0 Å². The molecule has 0 radical (unpaired) electrons. The van der Waals surface area contributed by atoms with Crippen molar-refractivity contribution in [3.8, 4) is 17.6 Å². The summed E-state index contributed by atoms with van der Waals surface area (Å²) in [6, 6.07) is 12.7. The molecule has 134 valence electrons. The topological polar surface area (TPSA) is 81.7 Å². The predicted octanol–water partition coefficient (Wildman–Crippen LogP) is 2.58. The number of rotatable bonds is 5. The normalized spacial score (nSPS) is 10.7. The fourth-order valence-corrected chi connectivity index (χ4v) is 2.98. The predicted molar refractivity (Wildman–Crippen MR) is 98.3 cm³/mol. The highest BCUT2D eigenvalue weighted by Gasteiger charge is 2.14. The zero-order valence-corrected chi connectivity index (χ0v) is 15.0. The van der Waals surface area contributed by atoms with Gasteiger partial charge >= 0.3 is 5.97 Å². The lowest BCUT2D eigenvalue weighted by Crippen LogP contribution is -2.12. The second kappa shape index (κ2) is 8.74. The monoisotopic (exact) mass is 371 g/mol. The molecule has 0 saturated carbocycles. The lowest BCUT2D eigenvalue weighted by molar-refractivity contribution is -0.134. The standard InChI is InChI=1S/C19H17NO5S/c1-24-17-10-12-18(13-11-17)26(22,23)20-16-8-5-7-15(14-16)6-3-4-9-19(21)25-2/h4-5,7-14,20H,1-2H3/b9-4+. The highest BCUT2D eigenvalue weighted by atomic mass is 32.2. The van der Waals surface area contributed by atoms with Crippen molar-refractivity contribution in [1.29, 1.82) is 0 Å². The van der Waals surface area contributed by atoms with Crippen molar-refractivity contribution in [2.45, 2.75) is 4.90 Å². The Labute approximate surface area is 152 Å². The Kier molecular flexibility index (Phi) is 6.42. The Morgan fingerprint density at radius 1 is 1.12 bits per heavy atom. The second-order valence-corrected chi connectivity index (χ2v) is 6.67. The first-order valence-corrected chi connectivity index (χ1v) is 8.96. The molecular formula is C19H17NO5S. The van der Waals surface area contributed by atoms with Crippen LogP contribution in [-0.2, 0) is 19.6 Å². The van der Waals surface area contributed by atoms with Crippen molar-refractivity contribution >= 4 is 21.7 Å². The molecule has 0 aromatic heterocycles. The maximum absolute atomic E-state index is 12.4. The van der Waals surface area contributed by atoms with Gasteiger partial charge < -0.3 is 9.47 Å². The molecule has 0 saturated heterocycles. The molecule has 0 atom stereocenters. The second-order valence-electron chi connectivity index (χ2n) is 4.99. The first-order valence-electron chi connectivity index (χ1n) is 7.47. The molecule has 0 amide bonds. The van der Waals surface area contributed by atoms with Crippen LogP contribution in [0.5, 0.6) is 5.75 Å². The van der Waals surface area contributed by atoms with Gasteiger partial charge in [-0.1, -0.05) is 17.9 Å². The average Bonchev–Trinajstić information content (AvgIpc) is 2.65. The van der Waals surface area contributed by atoms with Gasteiger partial charge in [0.25, 0.3) is 10.0 Å². The molecule has 0 aliphatic carbocycles. The number of benzene rings is 2. The molecule has 0 aliphatic heterocycles. The van der Waals surface area contributed by atoms with E-state index in [9.17, 15) is 13.2 Å². The van der Waals surface area contributed by atoms with Crippen LogP contribution in [0.4, 0.5) is 5.69 Å². The summed E-state index contributed by atoms with van der Waals surface area (Å²) in [5.41, 5.74) is 0.971. The zero-order valence-electron chi connectivity index (χ0n) is 14.2. The number of methoxy groups -OCH3 is 2. The Morgan fingerprint density at radius 3 is 2.50 bits per heavy atom. The van der Waals surface area contributed by atoms with E-state index in [4.69, 9.17) is 4.74 Å². The Morgan fingerprint density at radius 2 is 1.85 bits per heavy atom. The molecule has 0 fully saturated rings. The van der Waals surface area contributed by atoms with Gasteiger partial charge in [-0.15, -0.1) is 0 Å². The van der Waals surface area contributed by atoms with Crippen LogP contribution in [0.15, 0.2) is 65.6 Å². The molecule has 6 nitrogen and oxygen atoms in total. The minimum absolute atomic E-state index is 0.121. The number of ether oxygens (including phenoxy) is 2. The van der Waals surface area contributed by atoms with Crippen LogP contribution >= 0.6 is 0 Å². The Balaban J connectivity index is 2.15. The van der Waals surface area contributed by atoms with E-state index >= 15 is 0 Å². The van der Waals surface area contributed by atoms with E-state index in [1.54, 1.807) is 36.4 Å². The summed E-state index contributed by atoms with van der Waals surface area (Å²) in [4.78, 5) is 11.1. The van der Waals surface area contributed by atoms with Crippen molar-refractivity contribution < 1.29 is 22.7 Å². The summed E-state index contributed by atoms with van der Waals surface area (Å²) in [7, 11) is -0.939. The lowest BCUT2D eigenvalue weighted by atomic mass is 10.2. The van der Waals surface area contributed by atoms with Crippen LogP contribution in [0.25, 0.3) is 0 Å². The van der Waals surface area contributed by atoms with Crippen molar-refractivity contribution in [3.63, 3.8) is 0 Å². The molecule has 0 aliphatic rings. The number of hydrogen-bond donors (Lipinski definition) is 1. The molecule has 7 heteroatoms. The third kappa shape index (κ3) is 5.40. The van der Waals surface area contributed by atoms with E-state index in [-0.39, 0.29) is 4.90 Å². The first kappa shape index (κ1) is 19.1. The van der Waals surface area contributed by atoms with E-state index < -0.39 is 16.0 Å². The molecule has 0 spiro atoms. The molecule has 0 unspecified atom stereocenters. The molecule has 2 aromatic carbocycles. The van der Waals surface area contributed by atoms with Gasteiger partial charge in [-0.2, -0.15) is 0 Å². The SMILES string of the molecule is COC(=O)/C=C/C#Cc1cccc(NS(=O)(=O)c2ccc(OC)cc2)c1. The van der Waals surface area contributed by atoms with Gasteiger partial charge in [-0.3, -0.25) is 4.72 Å². The van der Waals surface area contributed by atoms with E-state index in [0.29, 0.717) is 17.0 Å². The van der Waals surface area contributed by atoms with Crippen LogP contribution in [0, 0.1) is 11.8 Å². The summed E-state index contributed by atoms with van der Waals surface area (Å²) >= 11 is 0. The van der Waals surface area contributed by atoms with Crippen LogP contribution in [0.1, 0.15) is 5.56 Å². The number of esters is 1. The third-order valence-corrected chi connectivity index (χ3v) is 4.60. The number of carbonyl (C=O) groups excluding carboxylic acids is 1. The summed E-state index contributed by atoms with van der Waals surface area (Å²) in [6.45, 7) is 0. The van der Waals surface area contributed by atoms with E-state index in [0.717, 1.165) is 0 Å². The van der Waals surface area contributed by atoms with E-state index in [1.165, 1.54) is 38.5 Å². The van der Waals surface area contributed by atoms with Crippen LogP contribution in [0.2, 0.25) is 0 Å². The van der Waals surface area contributed by atoms with Crippen LogP contribution in [0.3, 0.4) is 0 Å². The summed E-state index contributed by atoms with van der Waals surface area (Å²) in [5, 5.41) is 0. The quantitative estimate of drug-likeness (QED) is 0.496. The fourth-order valence-electron chi connectivity index (χ4n) is 1.93. The first-order chi connectivity index (χ1) is 12.4. The minimum atomic E-state index is -3.72. The van der Waals surface area contributed by atoms with Gasteiger partial charge in [0, 0.05) is 11.6 Å². The zero-order chi connectivity index (χ0) is 19.0. The molecule has 1 N–H and O–H groups in total. The largest absolute Gasteiger partial charge is 0.497 e. The summed E-state index contributed by atoms with van der Waals surface area (Å²) in [5.74, 6) is 5.56. The molecule has 26 heavy (non-hydrogen) atoms. The summed E-state index contributed by atoms with van der Waals surface area (Å²) in [6.07, 6.45) is 2.56. The van der Waals surface area contributed by atoms with Gasteiger partial charge in [0.1, 0.15) is 5.75 Å². The Bertz CT molecular complexity index is 967. The number of anilines is 1. The van der Waals surface area contributed by atoms with E-state index in [2.05, 4.69) is 21.3 Å². The molecule has 0 heterocycles. The maximum Gasteiger partial charge on any atom is 0.331 e. The number of carbonyl (C=O) groups is 1. The van der Waals surface area contributed by atoms with Gasteiger partial charge in [0.2, 0.25) is 0 Å². The van der Waals surface area contributed by atoms with Crippen LogP contribution < -0.4 is 9.46 Å². The molecule has 0 bridgehead atoms. The van der Waals surface area contributed by atoms with Gasteiger partial charge in [0.15, 0.2) is 0 Å². The average molecular weight is 371 g/mol. The number of hydrogen-bond acceptors (Lipinski definition) is 5. The van der Waals surface area contributed by atoms with Gasteiger partial charge in [-0.05, 0) is 48.5 Å².